The normalized spacial score (nSPS) is 10.9. The van der Waals surface area contributed by atoms with Gasteiger partial charge in [-0.05, 0) is 31.5 Å². The summed E-state index contributed by atoms with van der Waals surface area (Å²) in [4.78, 5) is 4.02. The van der Waals surface area contributed by atoms with Gasteiger partial charge in [-0.1, -0.05) is 15.9 Å². The second kappa shape index (κ2) is 4.52. The predicted octanol–water partition coefficient (Wildman–Crippen LogP) is 3.06. The smallest absolute Gasteiger partial charge is 0.152 e. The van der Waals surface area contributed by atoms with Crippen LogP contribution in [0.1, 0.15) is 17.2 Å². The highest BCUT2D eigenvalue weighted by molar-refractivity contribution is 9.08. The molecule has 17 heavy (non-hydrogen) atoms. The van der Waals surface area contributed by atoms with Gasteiger partial charge in [0.15, 0.2) is 11.6 Å². The average molecular weight is 302 g/mol. The Morgan fingerprint density at radius 1 is 1.24 bits per heavy atom. The fourth-order valence-electron chi connectivity index (χ4n) is 1.63. The molecule has 1 aromatic carbocycles. The number of hydrogen-bond donors (Lipinski definition) is 0. The number of hydrogen-bond acceptors (Lipinski definition) is 2. The second-order valence-electron chi connectivity index (χ2n) is 3.66. The van der Waals surface area contributed by atoms with Crippen LogP contribution in [0.4, 0.5) is 8.78 Å². The number of alkyl halides is 1. The lowest BCUT2D eigenvalue weighted by molar-refractivity contribution is 0.554. The molecule has 2 aromatic rings. The third-order valence-electron chi connectivity index (χ3n) is 2.32. The third-order valence-corrected chi connectivity index (χ3v) is 2.97. The summed E-state index contributed by atoms with van der Waals surface area (Å²) in [5.74, 6) is -0.363. The molecular weight excluding hydrogens is 292 g/mol. The van der Waals surface area contributed by atoms with Crippen molar-refractivity contribution in [2.24, 2.45) is 0 Å². The van der Waals surface area contributed by atoms with Crippen molar-refractivity contribution < 1.29 is 8.78 Å². The maximum Gasteiger partial charge on any atom is 0.152 e. The van der Waals surface area contributed by atoms with Crippen LogP contribution in [0.3, 0.4) is 0 Å². The molecule has 0 radical (unpaired) electrons. The molecule has 1 aromatic heterocycles. The van der Waals surface area contributed by atoms with E-state index in [1.807, 2.05) is 0 Å². The quantitative estimate of drug-likeness (QED) is 0.798. The van der Waals surface area contributed by atoms with Crippen molar-refractivity contribution in [1.29, 1.82) is 0 Å². The van der Waals surface area contributed by atoms with Gasteiger partial charge in [-0.15, -0.1) is 0 Å². The third kappa shape index (κ3) is 2.22. The minimum Gasteiger partial charge on any atom is -0.217 e. The van der Waals surface area contributed by atoms with E-state index in [1.165, 1.54) is 16.8 Å². The van der Waals surface area contributed by atoms with Gasteiger partial charge >= 0.3 is 0 Å². The molecule has 0 bridgehead atoms. The largest absolute Gasteiger partial charge is 0.217 e. The zero-order chi connectivity index (χ0) is 12.6. The van der Waals surface area contributed by atoms with E-state index in [4.69, 9.17) is 0 Å². The van der Waals surface area contributed by atoms with Gasteiger partial charge in [-0.25, -0.2) is 18.4 Å². The number of aryl methyl sites for hydroxylation is 2. The molecule has 3 nitrogen and oxygen atoms in total. The highest BCUT2D eigenvalue weighted by atomic mass is 79.9. The predicted molar refractivity (Wildman–Crippen MR) is 63.4 cm³/mol. The van der Waals surface area contributed by atoms with E-state index in [0.29, 0.717) is 22.5 Å². The van der Waals surface area contributed by atoms with Crippen LogP contribution in [0.2, 0.25) is 0 Å². The minimum atomic E-state index is -0.646. The lowest BCUT2D eigenvalue weighted by Gasteiger charge is -2.07. The molecule has 2 rings (SSSR count). The molecule has 0 atom stereocenters. The van der Waals surface area contributed by atoms with Crippen molar-refractivity contribution in [3.8, 4) is 5.69 Å². The van der Waals surface area contributed by atoms with Crippen LogP contribution in [-0.4, -0.2) is 14.8 Å². The van der Waals surface area contributed by atoms with Gasteiger partial charge in [-0.3, -0.25) is 0 Å². The van der Waals surface area contributed by atoms with Crippen molar-refractivity contribution >= 4 is 15.9 Å². The van der Waals surface area contributed by atoms with Crippen LogP contribution in [0, 0.1) is 25.5 Å². The second-order valence-corrected chi connectivity index (χ2v) is 4.22. The van der Waals surface area contributed by atoms with E-state index >= 15 is 0 Å². The molecule has 0 aliphatic heterocycles. The van der Waals surface area contributed by atoms with E-state index in [-0.39, 0.29) is 5.69 Å². The Morgan fingerprint density at radius 2 is 1.82 bits per heavy atom. The summed E-state index contributed by atoms with van der Waals surface area (Å²) in [7, 11) is 0. The zero-order valence-corrected chi connectivity index (χ0v) is 10.9. The maximum absolute atomic E-state index is 13.8. The molecule has 0 spiro atoms. The Hall–Kier alpha value is -1.30. The molecule has 0 saturated carbocycles. The summed E-state index contributed by atoms with van der Waals surface area (Å²) in [5.41, 5.74) is 0.353. The Labute approximate surface area is 106 Å². The summed E-state index contributed by atoms with van der Waals surface area (Å²) in [5, 5.41) is 4.37. The van der Waals surface area contributed by atoms with E-state index in [2.05, 4.69) is 26.0 Å². The molecule has 0 amide bonds. The lowest BCUT2D eigenvalue weighted by atomic mass is 10.2. The molecule has 0 saturated heterocycles. The number of rotatable bonds is 2. The van der Waals surface area contributed by atoms with Crippen molar-refractivity contribution in [2.45, 2.75) is 19.2 Å². The van der Waals surface area contributed by atoms with Gasteiger partial charge in [0.25, 0.3) is 0 Å². The van der Waals surface area contributed by atoms with E-state index in [1.54, 1.807) is 13.8 Å². The first-order valence-electron chi connectivity index (χ1n) is 4.97. The van der Waals surface area contributed by atoms with Crippen molar-refractivity contribution in [3.63, 3.8) is 0 Å². The molecule has 0 N–H and O–H groups in total. The van der Waals surface area contributed by atoms with Crippen molar-refractivity contribution in [1.82, 2.24) is 14.8 Å². The van der Waals surface area contributed by atoms with Gasteiger partial charge < -0.3 is 0 Å². The fourth-order valence-corrected chi connectivity index (χ4v) is 1.95. The highest BCUT2D eigenvalue weighted by Gasteiger charge is 2.16. The Bertz CT molecular complexity index is 543. The molecule has 0 unspecified atom stereocenters. The first-order chi connectivity index (χ1) is 8.02. The Balaban J connectivity index is 2.63. The van der Waals surface area contributed by atoms with E-state index in [9.17, 15) is 8.78 Å². The van der Waals surface area contributed by atoms with Gasteiger partial charge in [-0.2, -0.15) is 5.10 Å². The molecule has 6 heteroatoms. The summed E-state index contributed by atoms with van der Waals surface area (Å²) < 4.78 is 28.8. The number of benzene rings is 1. The van der Waals surface area contributed by atoms with Gasteiger partial charge in [0.1, 0.15) is 17.3 Å². The van der Waals surface area contributed by atoms with E-state index in [0.717, 1.165) is 0 Å². The summed E-state index contributed by atoms with van der Waals surface area (Å²) in [6.45, 7) is 3.32. The highest BCUT2D eigenvalue weighted by Crippen LogP contribution is 2.21. The van der Waals surface area contributed by atoms with Crippen LogP contribution >= 0.6 is 15.9 Å². The molecule has 0 fully saturated rings. The molecule has 1 heterocycles. The standard InChI is InChI=1S/C11H10BrF2N3/c1-6-15-7(2)17(16-6)11-9(13)3-8(5-12)4-10(11)14/h3-4H,5H2,1-2H3. The number of halogens is 3. The van der Waals surface area contributed by atoms with Crippen LogP contribution < -0.4 is 0 Å². The summed E-state index contributed by atoms with van der Waals surface area (Å²) in [6, 6.07) is 2.56. The summed E-state index contributed by atoms with van der Waals surface area (Å²) in [6.07, 6.45) is 0. The SMILES string of the molecule is Cc1nc(C)n(-c2c(F)cc(CBr)cc2F)n1. The molecule has 0 aliphatic carbocycles. The minimum absolute atomic E-state index is 0.187. The molecular formula is C11H10BrF2N3. The van der Waals surface area contributed by atoms with Gasteiger partial charge in [0.05, 0.1) is 0 Å². The van der Waals surface area contributed by atoms with Crippen LogP contribution in [0.15, 0.2) is 12.1 Å². The monoisotopic (exact) mass is 301 g/mol. The molecule has 90 valence electrons. The van der Waals surface area contributed by atoms with Gasteiger partial charge in [0.2, 0.25) is 0 Å². The topological polar surface area (TPSA) is 30.7 Å². The lowest BCUT2D eigenvalue weighted by Crippen LogP contribution is -2.06. The van der Waals surface area contributed by atoms with Crippen LogP contribution in [0.5, 0.6) is 0 Å². The molecule has 0 aliphatic rings. The zero-order valence-electron chi connectivity index (χ0n) is 9.34. The first-order valence-corrected chi connectivity index (χ1v) is 6.09. The van der Waals surface area contributed by atoms with Gasteiger partial charge in [0, 0.05) is 5.33 Å². The van der Waals surface area contributed by atoms with Crippen LogP contribution in [-0.2, 0) is 5.33 Å². The Morgan fingerprint density at radius 3 is 2.24 bits per heavy atom. The van der Waals surface area contributed by atoms with Crippen LogP contribution in [0.25, 0.3) is 5.69 Å². The maximum atomic E-state index is 13.8. The first kappa shape index (κ1) is 12.2. The van der Waals surface area contributed by atoms with E-state index < -0.39 is 11.6 Å². The van der Waals surface area contributed by atoms with Crippen molar-refractivity contribution in [3.05, 3.63) is 41.0 Å². The fraction of sp³-hybridized carbons (Fsp3) is 0.273. The average Bonchev–Trinajstić information content (AvgIpc) is 2.57. The Kier molecular flexibility index (Phi) is 3.24. The summed E-state index contributed by atoms with van der Waals surface area (Å²) >= 11 is 3.16. The van der Waals surface area contributed by atoms with Crippen molar-refractivity contribution in [2.75, 3.05) is 0 Å². The number of nitrogens with zero attached hydrogens (tertiary/aromatic N) is 3. The number of aromatic nitrogens is 3.